The molecule has 1 aromatic carbocycles. The number of phenols is 1. The first kappa shape index (κ1) is 13.5. The summed E-state index contributed by atoms with van der Waals surface area (Å²) in [4.78, 5) is 10.9. The summed E-state index contributed by atoms with van der Waals surface area (Å²) >= 11 is 0. The van der Waals surface area contributed by atoms with Crippen molar-refractivity contribution in [3.05, 3.63) is 17.7 Å². The molecule has 1 heterocycles. The van der Waals surface area contributed by atoms with Gasteiger partial charge in [-0.1, -0.05) is 0 Å². The molecule has 104 valence electrons. The number of rotatable bonds is 6. The number of carbonyl (C=O) groups excluding carboxylic acids is 1. The van der Waals surface area contributed by atoms with Crippen molar-refractivity contribution in [3.8, 4) is 17.2 Å². The van der Waals surface area contributed by atoms with Gasteiger partial charge in [-0.2, -0.15) is 0 Å². The van der Waals surface area contributed by atoms with Gasteiger partial charge in [-0.25, -0.2) is 0 Å². The molecule has 2 rings (SSSR count). The number of hydrogen-bond donors (Lipinski definition) is 2. The highest BCUT2D eigenvalue weighted by Gasteiger charge is 2.16. The van der Waals surface area contributed by atoms with E-state index in [4.69, 9.17) is 9.47 Å². The molecule has 0 radical (unpaired) electrons. The van der Waals surface area contributed by atoms with E-state index in [0.717, 1.165) is 5.56 Å². The average molecular weight is 267 g/mol. The van der Waals surface area contributed by atoms with Gasteiger partial charge >= 0.3 is 5.97 Å². The van der Waals surface area contributed by atoms with Crippen LogP contribution in [-0.2, 0) is 16.1 Å². The van der Waals surface area contributed by atoms with Crippen LogP contribution in [0, 0.1) is 0 Å². The SMILES string of the molecule is COC(=O)CCCNCc1cc2c(cc1O)OCO2. The van der Waals surface area contributed by atoms with E-state index in [9.17, 15) is 9.90 Å². The first-order valence-electron chi connectivity index (χ1n) is 6.09. The van der Waals surface area contributed by atoms with E-state index >= 15 is 0 Å². The van der Waals surface area contributed by atoms with Gasteiger partial charge in [0.1, 0.15) is 5.75 Å². The molecule has 0 fully saturated rings. The number of benzene rings is 1. The third kappa shape index (κ3) is 3.51. The van der Waals surface area contributed by atoms with Crippen LogP contribution in [0.5, 0.6) is 17.2 Å². The Labute approximate surface area is 111 Å². The zero-order chi connectivity index (χ0) is 13.7. The molecule has 0 aromatic heterocycles. The standard InChI is InChI=1S/C13H17NO5/c1-17-13(16)3-2-4-14-7-9-5-11-12(6-10(9)15)19-8-18-11/h5-6,14-15H,2-4,7-8H2,1H3. The number of carbonyl (C=O) groups is 1. The minimum atomic E-state index is -0.215. The second-order valence-electron chi connectivity index (χ2n) is 4.19. The first-order chi connectivity index (χ1) is 9.20. The van der Waals surface area contributed by atoms with Gasteiger partial charge in [0.2, 0.25) is 6.79 Å². The summed E-state index contributed by atoms with van der Waals surface area (Å²) in [5.41, 5.74) is 0.738. The number of methoxy groups -OCH3 is 1. The van der Waals surface area contributed by atoms with E-state index in [1.54, 1.807) is 12.1 Å². The Morgan fingerprint density at radius 1 is 1.42 bits per heavy atom. The fraction of sp³-hybridized carbons (Fsp3) is 0.462. The molecule has 0 aliphatic carbocycles. The molecule has 1 aliphatic rings. The van der Waals surface area contributed by atoms with Gasteiger partial charge in [0, 0.05) is 24.6 Å². The monoisotopic (exact) mass is 267 g/mol. The van der Waals surface area contributed by atoms with E-state index in [2.05, 4.69) is 10.1 Å². The summed E-state index contributed by atoms with van der Waals surface area (Å²) < 4.78 is 15.0. The third-order valence-electron chi connectivity index (χ3n) is 2.85. The molecule has 0 saturated heterocycles. The average Bonchev–Trinajstić information content (AvgIpc) is 2.85. The number of fused-ring (bicyclic) bond motifs is 1. The van der Waals surface area contributed by atoms with Crippen molar-refractivity contribution < 1.29 is 24.1 Å². The van der Waals surface area contributed by atoms with Gasteiger partial charge in [-0.05, 0) is 19.0 Å². The Morgan fingerprint density at radius 2 is 2.16 bits per heavy atom. The summed E-state index contributed by atoms with van der Waals surface area (Å²) in [6, 6.07) is 3.30. The number of ether oxygens (including phenoxy) is 3. The van der Waals surface area contributed by atoms with Crippen LogP contribution in [0.2, 0.25) is 0 Å². The Kier molecular flexibility index (Phi) is 4.46. The Morgan fingerprint density at radius 3 is 2.89 bits per heavy atom. The highest BCUT2D eigenvalue weighted by molar-refractivity contribution is 5.69. The molecule has 1 aliphatic heterocycles. The van der Waals surface area contributed by atoms with Crippen molar-refractivity contribution in [1.82, 2.24) is 5.32 Å². The first-order valence-corrected chi connectivity index (χ1v) is 6.09. The van der Waals surface area contributed by atoms with Crippen LogP contribution >= 0.6 is 0 Å². The topological polar surface area (TPSA) is 77.0 Å². The van der Waals surface area contributed by atoms with Crippen LogP contribution < -0.4 is 14.8 Å². The quantitative estimate of drug-likeness (QED) is 0.595. The normalized spacial score (nSPS) is 12.5. The molecule has 0 atom stereocenters. The fourth-order valence-corrected chi connectivity index (χ4v) is 1.80. The van der Waals surface area contributed by atoms with E-state index in [1.807, 2.05) is 0 Å². The van der Waals surface area contributed by atoms with Crippen molar-refractivity contribution in [2.45, 2.75) is 19.4 Å². The minimum absolute atomic E-state index is 0.171. The highest BCUT2D eigenvalue weighted by atomic mass is 16.7. The van der Waals surface area contributed by atoms with Crippen LogP contribution in [0.25, 0.3) is 0 Å². The summed E-state index contributed by atoms with van der Waals surface area (Å²) in [6.07, 6.45) is 1.08. The van der Waals surface area contributed by atoms with Crippen LogP contribution in [-0.4, -0.2) is 31.5 Å². The molecule has 0 saturated carbocycles. The maximum atomic E-state index is 10.9. The molecule has 0 unspecified atom stereocenters. The number of phenolic OH excluding ortho intramolecular Hbond substituents is 1. The van der Waals surface area contributed by atoms with E-state index < -0.39 is 0 Å². The van der Waals surface area contributed by atoms with Gasteiger partial charge in [-0.3, -0.25) is 4.79 Å². The molecule has 1 aromatic rings. The molecule has 6 heteroatoms. The summed E-state index contributed by atoms with van der Waals surface area (Å²) in [7, 11) is 1.38. The number of nitrogens with one attached hydrogen (secondary N) is 1. The smallest absolute Gasteiger partial charge is 0.305 e. The van der Waals surface area contributed by atoms with Crippen LogP contribution in [0.4, 0.5) is 0 Å². The number of esters is 1. The lowest BCUT2D eigenvalue weighted by Gasteiger charge is -2.08. The molecule has 0 bridgehead atoms. The maximum Gasteiger partial charge on any atom is 0.305 e. The van der Waals surface area contributed by atoms with Gasteiger partial charge in [-0.15, -0.1) is 0 Å². The second kappa shape index (κ2) is 6.29. The van der Waals surface area contributed by atoms with Crippen molar-refractivity contribution in [2.24, 2.45) is 0 Å². The summed E-state index contributed by atoms with van der Waals surface area (Å²) in [5, 5.41) is 13.0. The lowest BCUT2D eigenvalue weighted by molar-refractivity contribution is -0.140. The molecule has 0 amide bonds. The Hall–Kier alpha value is -1.95. The van der Waals surface area contributed by atoms with E-state index in [1.165, 1.54) is 7.11 Å². The second-order valence-corrected chi connectivity index (χ2v) is 4.19. The lowest BCUT2D eigenvalue weighted by Crippen LogP contribution is -2.16. The molecule has 6 nitrogen and oxygen atoms in total. The Balaban J connectivity index is 1.78. The largest absolute Gasteiger partial charge is 0.507 e. The van der Waals surface area contributed by atoms with Crippen molar-refractivity contribution >= 4 is 5.97 Å². The number of hydrogen-bond acceptors (Lipinski definition) is 6. The molecule has 19 heavy (non-hydrogen) atoms. The molecule has 2 N–H and O–H groups in total. The predicted molar refractivity (Wildman–Crippen MR) is 67.2 cm³/mol. The fourth-order valence-electron chi connectivity index (χ4n) is 1.80. The van der Waals surface area contributed by atoms with Gasteiger partial charge in [0.25, 0.3) is 0 Å². The molecule has 0 spiro atoms. The Bertz CT molecular complexity index is 461. The van der Waals surface area contributed by atoms with Crippen LogP contribution in [0.15, 0.2) is 12.1 Å². The molecular formula is C13H17NO5. The third-order valence-corrected chi connectivity index (χ3v) is 2.85. The number of aromatic hydroxyl groups is 1. The van der Waals surface area contributed by atoms with E-state index in [0.29, 0.717) is 37.4 Å². The zero-order valence-corrected chi connectivity index (χ0v) is 10.8. The highest BCUT2D eigenvalue weighted by Crippen LogP contribution is 2.37. The van der Waals surface area contributed by atoms with Crippen molar-refractivity contribution in [2.75, 3.05) is 20.4 Å². The summed E-state index contributed by atoms with van der Waals surface area (Å²) in [6.45, 7) is 1.36. The summed E-state index contributed by atoms with van der Waals surface area (Å²) in [5.74, 6) is 1.16. The zero-order valence-electron chi connectivity index (χ0n) is 10.8. The van der Waals surface area contributed by atoms with Gasteiger partial charge in [0.15, 0.2) is 11.5 Å². The predicted octanol–water partition coefficient (Wildman–Crippen LogP) is 1.16. The van der Waals surface area contributed by atoms with Gasteiger partial charge in [0.05, 0.1) is 7.11 Å². The minimum Gasteiger partial charge on any atom is -0.507 e. The van der Waals surface area contributed by atoms with Crippen LogP contribution in [0.3, 0.4) is 0 Å². The maximum absolute atomic E-state index is 10.9. The van der Waals surface area contributed by atoms with E-state index in [-0.39, 0.29) is 18.5 Å². The van der Waals surface area contributed by atoms with Gasteiger partial charge < -0.3 is 24.6 Å². The van der Waals surface area contributed by atoms with Crippen molar-refractivity contribution in [1.29, 1.82) is 0 Å². The molecular weight excluding hydrogens is 250 g/mol. The lowest BCUT2D eigenvalue weighted by atomic mass is 10.1. The van der Waals surface area contributed by atoms with Crippen molar-refractivity contribution in [3.63, 3.8) is 0 Å². The van der Waals surface area contributed by atoms with Crippen LogP contribution in [0.1, 0.15) is 18.4 Å².